The SMILES string of the molecule is CC(C)c1c(C2CCC(C(=O)O)OC2)c2nc3[nH]ncc3cc2n1-c1ccc(F)cc1. The van der Waals surface area contributed by atoms with Gasteiger partial charge in [-0.2, -0.15) is 5.10 Å². The lowest BCUT2D eigenvalue weighted by Crippen LogP contribution is -2.31. The summed E-state index contributed by atoms with van der Waals surface area (Å²) in [6.07, 6.45) is 2.12. The monoisotopic (exact) mass is 422 g/mol. The van der Waals surface area contributed by atoms with Gasteiger partial charge in [-0.1, -0.05) is 13.8 Å². The fraction of sp³-hybridized carbons (Fsp3) is 0.348. The molecule has 0 spiro atoms. The van der Waals surface area contributed by atoms with Crippen molar-refractivity contribution in [3.8, 4) is 5.69 Å². The minimum absolute atomic E-state index is 0.0186. The molecule has 0 amide bonds. The summed E-state index contributed by atoms with van der Waals surface area (Å²) >= 11 is 0. The van der Waals surface area contributed by atoms with Crippen LogP contribution in [0.25, 0.3) is 27.8 Å². The Morgan fingerprint density at radius 1 is 1.29 bits per heavy atom. The smallest absolute Gasteiger partial charge is 0.332 e. The first-order valence-electron chi connectivity index (χ1n) is 10.4. The molecule has 2 unspecified atom stereocenters. The molecule has 0 radical (unpaired) electrons. The summed E-state index contributed by atoms with van der Waals surface area (Å²) < 4.78 is 21.5. The van der Waals surface area contributed by atoms with Crippen LogP contribution in [0.3, 0.4) is 0 Å². The van der Waals surface area contributed by atoms with Crippen molar-refractivity contribution in [2.75, 3.05) is 6.61 Å². The molecule has 160 valence electrons. The number of carbonyl (C=O) groups is 1. The zero-order valence-corrected chi connectivity index (χ0v) is 17.3. The van der Waals surface area contributed by atoms with Gasteiger partial charge in [-0.25, -0.2) is 14.2 Å². The summed E-state index contributed by atoms with van der Waals surface area (Å²) in [5, 5.41) is 17.2. The minimum atomic E-state index is -0.923. The van der Waals surface area contributed by atoms with Gasteiger partial charge >= 0.3 is 5.97 Å². The van der Waals surface area contributed by atoms with Crippen LogP contribution < -0.4 is 0 Å². The normalized spacial score (nSPS) is 19.5. The highest BCUT2D eigenvalue weighted by Gasteiger charge is 2.33. The number of aliphatic carboxylic acids is 1. The number of carboxylic acid groups (broad SMARTS) is 1. The second-order valence-electron chi connectivity index (χ2n) is 8.36. The summed E-state index contributed by atoms with van der Waals surface area (Å²) in [6, 6.07) is 8.49. The van der Waals surface area contributed by atoms with E-state index in [2.05, 4.69) is 28.6 Å². The van der Waals surface area contributed by atoms with Crippen LogP contribution >= 0.6 is 0 Å². The van der Waals surface area contributed by atoms with E-state index in [1.54, 1.807) is 18.3 Å². The Bertz CT molecular complexity index is 1270. The number of rotatable bonds is 4. The molecule has 1 aliphatic heterocycles. The van der Waals surface area contributed by atoms with Crippen LogP contribution in [0.5, 0.6) is 0 Å². The van der Waals surface area contributed by atoms with Crippen molar-refractivity contribution in [3.63, 3.8) is 0 Å². The van der Waals surface area contributed by atoms with E-state index in [1.165, 1.54) is 12.1 Å². The zero-order chi connectivity index (χ0) is 21.7. The topological polar surface area (TPSA) is 93.0 Å². The highest BCUT2D eigenvalue weighted by Crippen LogP contribution is 2.41. The summed E-state index contributed by atoms with van der Waals surface area (Å²) in [6.45, 7) is 4.56. The van der Waals surface area contributed by atoms with E-state index in [0.717, 1.165) is 33.4 Å². The van der Waals surface area contributed by atoms with Crippen molar-refractivity contribution in [2.24, 2.45) is 0 Å². The van der Waals surface area contributed by atoms with Crippen LogP contribution in [0.15, 0.2) is 36.5 Å². The van der Waals surface area contributed by atoms with Gasteiger partial charge in [0, 0.05) is 28.2 Å². The number of pyridine rings is 1. The number of halogens is 1. The number of hydrogen-bond acceptors (Lipinski definition) is 4. The number of benzene rings is 1. The number of aromatic nitrogens is 4. The van der Waals surface area contributed by atoms with Gasteiger partial charge in [0.2, 0.25) is 0 Å². The van der Waals surface area contributed by atoms with Crippen LogP contribution in [-0.2, 0) is 9.53 Å². The molecule has 0 saturated carbocycles. The zero-order valence-electron chi connectivity index (χ0n) is 17.3. The van der Waals surface area contributed by atoms with Crippen LogP contribution in [0.4, 0.5) is 4.39 Å². The van der Waals surface area contributed by atoms with Crippen LogP contribution in [0.1, 0.15) is 49.8 Å². The number of nitrogens with one attached hydrogen (secondary N) is 1. The van der Waals surface area contributed by atoms with E-state index in [-0.39, 0.29) is 17.7 Å². The fourth-order valence-electron chi connectivity index (χ4n) is 4.62. The predicted molar refractivity (Wildman–Crippen MR) is 114 cm³/mol. The van der Waals surface area contributed by atoms with Crippen LogP contribution in [-0.4, -0.2) is 43.5 Å². The number of aromatic amines is 1. The van der Waals surface area contributed by atoms with Gasteiger partial charge in [0.15, 0.2) is 11.8 Å². The van der Waals surface area contributed by atoms with Gasteiger partial charge < -0.3 is 14.4 Å². The first-order chi connectivity index (χ1) is 14.9. The quantitative estimate of drug-likeness (QED) is 0.505. The van der Waals surface area contributed by atoms with Crippen LogP contribution in [0.2, 0.25) is 0 Å². The Morgan fingerprint density at radius 3 is 2.71 bits per heavy atom. The lowest BCUT2D eigenvalue weighted by atomic mass is 9.88. The molecule has 2 N–H and O–H groups in total. The molecule has 1 saturated heterocycles. The molecule has 0 aliphatic carbocycles. The molecule has 4 aromatic rings. The minimum Gasteiger partial charge on any atom is -0.479 e. The fourth-order valence-corrected chi connectivity index (χ4v) is 4.62. The molecule has 2 atom stereocenters. The van der Waals surface area contributed by atoms with E-state index in [1.807, 2.05) is 6.07 Å². The first-order valence-corrected chi connectivity index (χ1v) is 10.4. The third kappa shape index (κ3) is 3.27. The standard InChI is InChI=1S/C23H23FN4O3/c1-12(2)21-19(13-3-8-18(23(29)30)31-11-13)20-17(9-14-10-25-27-22(14)26-20)28(21)16-6-4-15(24)5-7-16/h4-7,9-10,12-13,18H,3,8,11H2,1-2H3,(H,29,30)(H,25,26,27). The molecule has 7 nitrogen and oxygen atoms in total. The summed E-state index contributed by atoms with van der Waals surface area (Å²) in [5.74, 6) is -1.04. The average molecular weight is 422 g/mol. The first kappa shape index (κ1) is 19.7. The molecule has 1 aliphatic rings. The maximum absolute atomic E-state index is 13.6. The van der Waals surface area contributed by atoms with E-state index in [4.69, 9.17) is 9.72 Å². The molecule has 5 rings (SSSR count). The molecule has 31 heavy (non-hydrogen) atoms. The van der Waals surface area contributed by atoms with Crippen molar-refractivity contribution in [3.05, 3.63) is 53.6 Å². The van der Waals surface area contributed by atoms with Crippen molar-refractivity contribution >= 4 is 28.0 Å². The number of ether oxygens (including phenoxy) is 1. The van der Waals surface area contributed by atoms with Crippen LogP contribution in [0, 0.1) is 5.82 Å². The second kappa shape index (κ2) is 7.46. The third-order valence-electron chi connectivity index (χ3n) is 6.01. The molecule has 3 aromatic heterocycles. The van der Waals surface area contributed by atoms with Gasteiger partial charge in [0.05, 0.1) is 23.8 Å². The Labute approximate surface area is 177 Å². The molecule has 4 heterocycles. The van der Waals surface area contributed by atoms with Crippen molar-refractivity contribution in [2.45, 2.75) is 44.6 Å². The third-order valence-corrected chi connectivity index (χ3v) is 6.01. The predicted octanol–water partition coefficient (Wildman–Crippen LogP) is 4.51. The van der Waals surface area contributed by atoms with Gasteiger partial charge in [-0.3, -0.25) is 5.10 Å². The average Bonchev–Trinajstić information content (AvgIpc) is 3.34. The summed E-state index contributed by atoms with van der Waals surface area (Å²) in [7, 11) is 0. The lowest BCUT2D eigenvalue weighted by molar-refractivity contribution is -0.153. The van der Waals surface area contributed by atoms with Gasteiger partial charge in [0.25, 0.3) is 0 Å². The lowest BCUT2D eigenvalue weighted by Gasteiger charge is -2.28. The van der Waals surface area contributed by atoms with Gasteiger partial charge in [-0.15, -0.1) is 0 Å². The molecule has 1 fully saturated rings. The Balaban J connectivity index is 1.76. The number of hydrogen-bond donors (Lipinski definition) is 2. The Kier molecular flexibility index (Phi) is 4.74. The number of fused-ring (bicyclic) bond motifs is 2. The molecular formula is C23H23FN4O3. The van der Waals surface area contributed by atoms with Crippen molar-refractivity contribution in [1.82, 2.24) is 19.7 Å². The molecular weight excluding hydrogens is 399 g/mol. The number of carboxylic acids is 1. The number of H-pyrrole nitrogens is 1. The maximum Gasteiger partial charge on any atom is 0.332 e. The summed E-state index contributed by atoms with van der Waals surface area (Å²) in [5.41, 5.74) is 5.45. The van der Waals surface area contributed by atoms with Gasteiger partial charge in [-0.05, 0) is 49.1 Å². The molecule has 1 aromatic carbocycles. The van der Waals surface area contributed by atoms with E-state index < -0.39 is 12.1 Å². The summed E-state index contributed by atoms with van der Waals surface area (Å²) in [4.78, 5) is 16.2. The maximum atomic E-state index is 13.6. The largest absolute Gasteiger partial charge is 0.479 e. The van der Waals surface area contributed by atoms with Crippen molar-refractivity contribution in [1.29, 1.82) is 0 Å². The van der Waals surface area contributed by atoms with E-state index in [0.29, 0.717) is 25.1 Å². The van der Waals surface area contributed by atoms with Crippen molar-refractivity contribution < 1.29 is 19.0 Å². The highest BCUT2D eigenvalue weighted by atomic mass is 19.1. The van der Waals surface area contributed by atoms with Gasteiger partial charge in [0.1, 0.15) is 5.82 Å². The Hall–Kier alpha value is -3.26. The molecule has 8 heteroatoms. The highest BCUT2D eigenvalue weighted by molar-refractivity contribution is 5.93. The van der Waals surface area contributed by atoms with E-state index >= 15 is 0 Å². The number of nitrogens with zero attached hydrogens (tertiary/aromatic N) is 3. The second-order valence-corrected chi connectivity index (χ2v) is 8.36. The van der Waals surface area contributed by atoms with E-state index in [9.17, 15) is 14.3 Å². The Morgan fingerprint density at radius 2 is 2.06 bits per heavy atom. The molecule has 0 bridgehead atoms.